The van der Waals surface area contributed by atoms with Crippen LogP contribution in [0.2, 0.25) is 0 Å². The fourth-order valence-corrected chi connectivity index (χ4v) is 2.32. The quantitative estimate of drug-likeness (QED) is 0.700. The summed E-state index contributed by atoms with van der Waals surface area (Å²) in [4.78, 5) is 25.9. The molecule has 0 aliphatic heterocycles. The van der Waals surface area contributed by atoms with Crippen molar-refractivity contribution in [1.82, 2.24) is 4.90 Å². The number of carbonyl (C=O) groups excluding carboxylic acids is 2. The van der Waals surface area contributed by atoms with Gasteiger partial charge >= 0.3 is 0 Å². The minimum Gasteiger partial charge on any atom is -0.339 e. The van der Waals surface area contributed by atoms with E-state index in [2.05, 4.69) is 19.2 Å². The molecular formula is C17H25ClN2O2. The first-order chi connectivity index (χ1) is 10.6. The number of carbonyl (C=O) groups is 2. The van der Waals surface area contributed by atoms with Crippen molar-refractivity contribution >= 4 is 29.1 Å². The maximum Gasteiger partial charge on any atom is 0.253 e. The molecule has 22 heavy (non-hydrogen) atoms. The van der Waals surface area contributed by atoms with Gasteiger partial charge in [-0.25, -0.2) is 0 Å². The van der Waals surface area contributed by atoms with Crippen LogP contribution < -0.4 is 5.32 Å². The van der Waals surface area contributed by atoms with Crippen LogP contribution in [-0.4, -0.2) is 35.7 Å². The fraction of sp³-hybridized carbons (Fsp3) is 0.529. The summed E-state index contributed by atoms with van der Waals surface area (Å²) in [5.41, 5.74) is 1.36. The van der Waals surface area contributed by atoms with Gasteiger partial charge in [-0.05, 0) is 43.5 Å². The SMILES string of the molecule is CCCN(CCC)C(=O)c1ccc(NC(=O)CCCCl)cc1. The van der Waals surface area contributed by atoms with Crippen molar-refractivity contribution in [3.8, 4) is 0 Å². The van der Waals surface area contributed by atoms with Crippen LogP contribution in [0.4, 0.5) is 5.69 Å². The Labute approximate surface area is 137 Å². The molecule has 0 spiro atoms. The number of nitrogens with one attached hydrogen (secondary N) is 1. The lowest BCUT2D eigenvalue weighted by Crippen LogP contribution is -2.32. The van der Waals surface area contributed by atoms with Crippen LogP contribution in [0.15, 0.2) is 24.3 Å². The van der Waals surface area contributed by atoms with Gasteiger partial charge in [0.2, 0.25) is 5.91 Å². The predicted molar refractivity (Wildman–Crippen MR) is 91.5 cm³/mol. The van der Waals surface area contributed by atoms with Gasteiger partial charge in [0.25, 0.3) is 5.91 Å². The molecular weight excluding hydrogens is 300 g/mol. The van der Waals surface area contributed by atoms with Crippen LogP contribution in [0, 0.1) is 0 Å². The van der Waals surface area contributed by atoms with Gasteiger partial charge in [-0.2, -0.15) is 0 Å². The summed E-state index contributed by atoms with van der Waals surface area (Å²) in [6, 6.07) is 7.05. The van der Waals surface area contributed by atoms with Crippen LogP contribution in [0.25, 0.3) is 0 Å². The molecule has 2 amide bonds. The number of alkyl halides is 1. The van der Waals surface area contributed by atoms with E-state index in [0.717, 1.165) is 25.9 Å². The zero-order valence-corrected chi connectivity index (χ0v) is 14.2. The zero-order chi connectivity index (χ0) is 16.4. The molecule has 1 aromatic rings. The molecule has 1 aromatic carbocycles. The van der Waals surface area contributed by atoms with Gasteiger partial charge in [0, 0.05) is 36.6 Å². The van der Waals surface area contributed by atoms with E-state index >= 15 is 0 Å². The number of halogens is 1. The first-order valence-electron chi connectivity index (χ1n) is 7.87. The lowest BCUT2D eigenvalue weighted by molar-refractivity contribution is -0.116. The summed E-state index contributed by atoms with van der Waals surface area (Å²) in [5.74, 6) is 0.466. The van der Waals surface area contributed by atoms with Crippen molar-refractivity contribution in [3.05, 3.63) is 29.8 Å². The molecule has 0 aliphatic rings. The highest BCUT2D eigenvalue weighted by atomic mass is 35.5. The Morgan fingerprint density at radius 1 is 1.09 bits per heavy atom. The topological polar surface area (TPSA) is 49.4 Å². The molecule has 0 radical (unpaired) electrons. The summed E-state index contributed by atoms with van der Waals surface area (Å²) >= 11 is 5.56. The van der Waals surface area contributed by atoms with E-state index in [1.165, 1.54) is 0 Å². The molecule has 1 N–H and O–H groups in total. The van der Waals surface area contributed by atoms with Crippen molar-refractivity contribution in [1.29, 1.82) is 0 Å². The second-order valence-electron chi connectivity index (χ2n) is 5.21. The fourth-order valence-electron chi connectivity index (χ4n) is 2.18. The Hall–Kier alpha value is -1.55. The van der Waals surface area contributed by atoms with Gasteiger partial charge in [-0.1, -0.05) is 13.8 Å². The molecule has 4 nitrogen and oxygen atoms in total. The number of anilines is 1. The van der Waals surface area contributed by atoms with E-state index in [1.54, 1.807) is 24.3 Å². The number of rotatable bonds is 9. The van der Waals surface area contributed by atoms with Gasteiger partial charge in [0.05, 0.1) is 0 Å². The molecule has 0 unspecified atom stereocenters. The molecule has 0 atom stereocenters. The molecule has 0 heterocycles. The van der Waals surface area contributed by atoms with E-state index in [0.29, 0.717) is 30.0 Å². The standard InChI is InChI=1S/C17H25ClN2O2/c1-3-12-20(13-4-2)17(22)14-7-9-15(10-8-14)19-16(21)6-5-11-18/h7-10H,3-6,11-13H2,1-2H3,(H,19,21). The minimum absolute atomic E-state index is 0.0451. The maximum absolute atomic E-state index is 12.4. The summed E-state index contributed by atoms with van der Waals surface area (Å²) in [6.07, 6.45) is 2.96. The Balaban J connectivity index is 2.66. The van der Waals surface area contributed by atoms with E-state index in [-0.39, 0.29) is 11.8 Å². The van der Waals surface area contributed by atoms with Gasteiger partial charge in [0.15, 0.2) is 0 Å². The average Bonchev–Trinajstić information content (AvgIpc) is 2.53. The molecule has 5 heteroatoms. The van der Waals surface area contributed by atoms with Crippen LogP contribution in [-0.2, 0) is 4.79 Å². The van der Waals surface area contributed by atoms with Gasteiger partial charge in [-0.3, -0.25) is 9.59 Å². The van der Waals surface area contributed by atoms with Crippen LogP contribution >= 0.6 is 11.6 Å². The van der Waals surface area contributed by atoms with Crippen molar-refractivity contribution in [3.63, 3.8) is 0 Å². The highest BCUT2D eigenvalue weighted by molar-refractivity contribution is 6.18. The Kier molecular flexibility index (Phi) is 8.60. The average molecular weight is 325 g/mol. The monoisotopic (exact) mass is 324 g/mol. The molecule has 0 saturated heterocycles. The predicted octanol–water partition coefficient (Wildman–Crippen LogP) is 3.91. The van der Waals surface area contributed by atoms with E-state index in [9.17, 15) is 9.59 Å². The minimum atomic E-state index is -0.0571. The number of hydrogen-bond donors (Lipinski definition) is 1. The first kappa shape index (κ1) is 18.5. The Bertz CT molecular complexity index is 468. The van der Waals surface area contributed by atoms with Crippen LogP contribution in [0.1, 0.15) is 49.9 Å². The third-order valence-corrected chi connectivity index (χ3v) is 3.49. The number of benzene rings is 1. The summed E-state index contributed by atoms with van der Waals surface area (Å²) < 4.78 is 0. The highest BCUT2D eigenvalue weighted by Gasteiger charge is 2.14. The third-order valence-electron chi connectivity index (χ3n) is 3.23. The Morgan fingerprint density at radius 3 is 2.18 bits per heavy atom. The van der Waals surface area contributed by atoms with E-state index in [4.69, 9.17) is 11.6 Å². The molecule has 1 rings (SSSR count). The molecule has 0 aromatic heterocycles. The molecule has 0 fully saturated rings. The largest absolute Gasteiger partial charge is 0.339 e. The maximum atomic E-state index is 12.4. The van der Waals surface area contributed by atoms with E-state index in [1.807, 2.05) is 4.90 Å². The summed E-state index contributed by atoms with van der Waals surface area (Å²) in [5, 5.41) is 2.80. The van der Waals surface area contributed by atoms with Crippen LogP contribution in [0.3, 0.4) is 0 Å². The lowest BCUT2D eigenvalue weighted by Gasteiger charge is -2.21. The lowest BCUT2D eigenvalue weighted by atomic mass is 10.1. The number of hydrogen-bond acceptors (Lipinski definition) is 2. The van der Waals surface area contributed by atoms with Gasteiger partial charge < -0.3 is 10.2 Å². The Morgan fingerprint density at radius 2 is 1.68 bits per heavy atom. The number of nitrogens with zero attached hydrogens (tertiary/aromatic N) is 1. The van der Waals surface area contributed by atoms with Crippen molar-refractivity contribution in [2.75, 3.05) is 24.3 Å². The van der Waals surface area contributed by atoms with Gasteiger partial charge in [0.1, 0.15) is 0 Å². The zero-order valence-electron chi connectivity index (χ0n) is 13.4. The van der Waals surface area contributed by atoms with Crippen molar-refractivity contribution < 1.29 is 9.59 Å². The van der Waals surface area contributed by atoms with Crippen molar-refractivity contribution in [2.24, 2.45) is 0 Å². The summed E-state index contributed by atoms with van der Waals surface area (Å²) in [6.45, 7) is 5.66. The molecule has 0 saturated carbocycles. The van der Waals surface area contributed by atoms with Crippen LogP contribution in [0.5, 0.6) is 0 Å². The normalized spacial score (nSPS) is 10.3. The first-order valence-corrected chi connectivity index (χ1v) is 8.41. The molecule has 122 valence electrons. The smallest absolute Gasteiger partial charge is 0.253 e. The molecule has 0 bridgehead atoms. The highest BCUT2D eigenvalue weighted by Crippen LogP contribution is 2.13. The molecule has 0 aliphatic carbocycles. The van der Waals surface area contributed by atoms with Gasteiger partial charge in [-0.15, -0.1) is 11.6 Å². The third kappa shape index (κ3) is 6.06. The summed E-state index contributed by atoms with van der Waals surface area (Å²) in [7, 11) is 0. The second-order valence-corrected chi connectivity index (χ2v) is 5.59. The second kappa shape index (κ2) is 10.2. The van der Waals surface area contributed by atoms with E-state index < -0.39 is 0 Å². The van der Waals surface area contributed by atoms with Crippen molar-refractivity contribution in [2.45, 2.75) is 39.5 Å². The number of amides is 2.